The number of carbonyl (C=O) groups is 3. The lowest BCUT2D eigenvalue weighted by molar-refractivity contribution is -0.122. The van der Waals surface area contributed by atoms with Crippen LogP contribution in [0.4, 0.5) is 5.69 Å². The molecule has 6 heteroatoms. The summed E-state index contributed by atoms with van der Waals surface area (Å²) in [6.45, 7) is 2.62. The molecule has 4 aliphatic rings. The maximum absolute atomic E-state index is 14.1. The van der Waals surface area contributed by atoms with Crippen LogP contribution in [0.15, 0.2) is 72.8 Å². The number of unbranched alkanes of at least 4 members (excludes halogenated alkanes) is 7. The summed E-state index contributed by atoms with van der Waals surface area (Å²) in [5.41, 5.74) is 5.22. The first-order valence-corrected chi connectivity index (χ1v) is 15.8. The van der Waals surface area contributed by atoms with Gasteiger partial charge < -0.3 is 4.74 Å². The van der Waals surface area contributed by atoms with Crippen LogP contribution in [-0.2, 0) is 18.7 Å². The highest BCUT2D eigenvalue weighted by atomic mass is 79.9. The van der Waals surface area contributed by atoms with Gasteiger partial charge in [0.05, 0.1) is 34.0 Å². The van der Waals surface area contributed by atoms with Crippen LogP contribution in [-0.4, -0.2) is 24.4 Å². The Morgan fingerprint density at radius 3 is 1.95 bits per heavy atom. The Morgan fingerprint density at radius 2 is 1.34 bits per heavy atom. The topological polar surface area (TPSA) is 63.7 Å². The van der Waals surface area contributed by atoms with Crippen molar-refractivity contribution in [1.29, 1.82) is 0 Å². The van der Waals surface area contributed by atoms with Crippen LogP contribution in [0.3, 0.4) is 0 Å². The van der Waals surface area contributed by atoms with E-state index in [-0.39, 0.29) is 23.7 Å². The highest BCUT2D eigenvalue weighted by molar-refractivity contribution is 9.09. The van der Waals surface area contributed by atoms with Crippen LogP contribution in [0.5, 0.6) is 0 Å². The van der Waals surface area contributed by atoms with Gasteiger partial charge in [0.2, 0.25) is 11.8 Å². The third-order valence-electron chi connectivity index (χ3n) is 9.11. The molecule has 0 unspecified atom stereocenters. The number of halogens is 1. The van der Waals surface area contributed by atoms with Gasteiger partial charge in [0.15, 0.2) is 0 Å². The molecule has 1 fully saturated rings. The average molecular weight is 615 g/mol. The van der Waals surface area contributed by atoms with Gasteiger partial charge in [-0.3, -0.25) is 9.59 Å². The van der Waals surface area contributed by atoms with Crippen molar-refractivity contribution in [3.05, 3.63) is 101 Å². The van der Waals surface area contributed by atoms with Gasteiger partial charge in [-0.25, -0.2) is 9.69 Å². The van der Waals surface area contributed by atoms with Crippen molar-refractivity contribution in [3.63, 3.8) is 0 Å². The van der Waals surface area contributed by atoms with Crippen molar-refractivity contribution < 1.29 is 19.1 Å². The Hall–Kier alpha value is -3.25. The Bertz CT molecular complexity index is 1420. The first-order valence-electron chi connectivity index (χ1n) is 15.0. The van der Waals surface area contributed by atoms with Gasteiger partial charge in [0, 0.05) is 5.92 Å². The number of benzene rings is 3. The number of ether oxygens (including phenoxy) is 1. The molecule has 0 saturated carbocycles. The number of hydrogen-bond acceptors (Lipinski definition) is 4. The second kappa shape index (κ2) is 11.6. The maximum atomic E-state index is 14.1. The standard InChI is InChI=1S/C35H36BrNO4/c1-2-3-4-5-6-7-8-13-22-41-34(40)23-18-20-24(21-19-23)37-32(38)30-29-25-14-9-11-16-27(25)35(36,31(30)33(37)39)28-17-12-10-15-26(28)29/h9-12,14-21,29-31H,2-8,13,22H2,1H3/t29?,30-,31-,35?/m1/s1. The lowest BCUT2D eigenvalue weighted by Crippen LogP contribution is -2.50. The van der Waals surface area contributed by atoms with Gasteiger partial charge in [-0.1, -0.05) is 116 Å². The van der Waals surface area contributed by atoms with E-state index in [0.717, 1.165) is 35.1 Å². The number of hydrogen-bond donors (Lipinski definition) is 0. The molecule has 0 aromatic heterocycles. The largest absolute Gasteiger partial charge is 0.462 e. The van der Waals surface area contributed by atoms with E-state index < -0.39 is 16.2 Å². The van der Waals surface area contributed by atoms with Crippen LogP contribution in [0, 0.1) is 11.8 Å². The third kappa shape index (κ3) is 4.64. The van der Waals surface area contributed by atoms with Crippen molar-refractivity contribution in [2.24, 2.45) is 11.8 Å². The lowest BCUT2D eigenvalue weighted by Gasteiger charge is -2.51. The fourth-order valence-corrected chi connectivity index (χ4v) is 8.37. The summed E-state index contributed by atoms with van der Waals surface area (Å²) < 4.78 is 4.71. The van der Waals surface area contributed by atoms with Crippen LogP contribution < -0.4 is 4.90 Å². The zero-order valence-corrected chi connectivity index (χ0v) is 25.1. The second-order valence-corrected chi connectivity index (χ2v) is 12.8. The molecule has 212 valence electrons. The molecule has 5 nitrogen and oxygen atoms in total. The van der Waals surface area contributed by atoms with Gasteiger partial charge in [0.1, 0.15) is 0 Å². The van der Waals surface area contributed by atoms with Crippen LogP contribution >= 0.6 is 15.9 Å². The highest BCUT2D eigenvalue weighted by Crippen LogP contribution is 2.66. The number of nitrogens with zero attached hydrogens (tertiary/aromatic N) is 1. The lowest BCUT2D eigenvalue weighted by atomic mass is 9.55. The molecule has 7 rings (SSSR count). The molecule has 0 radical (unpaired) electrons. The Morgan fingerprint density at radius 1 is 0.780 bits per heavy atom. The molecule has 1 aliphatic heterocycles. The van der Waals surface area contributed by atoms with E-state index >= 15 is 0 Å². The molecule has 3 aromatic rings. The van der Waals surface area contributed by atoms with E-state index in [1.807, 2.05) is 24.3 Å². The minimum Gasteiger partial charge on any atom is -0.462 e. The van der Waals surface area contributed by atoms with Crippen molar-refractivity contribution >= 4 is 39.4 Å². The number of imide groups is 1. The summed E-state index contributed by atoms with van der Waals surface area (Å²) >= 11 is 4.03. The summed E-state index contributed by atoms with van der Waals surface area (Å²) in [7, 11) is 0. The van der Waals surface area contributed by atoms with Gasteiger partial charge in [-0.05, 0) is 52.9 Å². The fraction of sp³-hybridized carbons (Fsp3) is 0.400. The summed E-state index contributed by atoms with van der Waals surface area (Å²) in [6.07, 6.45) is 9.46. The van der Waals surface area contributed by atoms with Crippen molar-refractivity contribution in [3.8, 4) is 0 Å². The fourth-order valence-electron chi connectivity index (χ4n) is 7.16. The van der Waals surface area contributed by atoms with E-state index in [9.17, 15) is 14.4 Å². The summed E-state index contributed by atoms with van der Waals surface area (Å²) in [6, 6.07) is 22.9. The molecule has 0 spiro atoms. The summed E-state index contributed by atoms with van der Waals surface area (Å²) in [4.78, 5) is 42.0. The average Bonchev–Trinajstić information content (AvgIpc) is 3.27. The molecule has 3 aromatic carbocycles. The van der Waals surface area contributed by atoms with Gasteiger partial charge in [-0.2, -0.15) is 0 Å². The van der Waals surface area contributed by atoms with E-state index in [4.69, 9.17) is 4.74 Å². The van der Waals surface area contributed by atoms with E-state index in [1.54, 1.807) is 24.3 Å². The first kappa shape index (κ1) is 27.9. The normalized spacial score (nSPS) is 23.8. The molecule has 1 saturated heterocycles. The maximum Gasteiger partial charge on any atom is 0.338 e. The van der Waals surface area contributed by atoms with Crippen LogP contribution in [0.1, 0.15) is 96.8 Å². The molecule has 2 atom stereocenters. The quantitative estimate of drug-likeness (QED) is 0.0954. The van der Waals surface area contributed by atoms with Crippen LogP contribution in [0.2, 0.25) is 0 Å². The number of amides is 2. The van der Waals surface area contributed by atoms with Crippen molar-refractivity contribution in [1.82, 2.24) is 0 Å². The zero-order valence-electron chi connectivity index (χ0n) is 23.5. The molecule has 3 aliphatic carbocycles. The van der Waals surface area contributed by atoms with Crippen molar-refractivity contribution in [2.45, 2.75) is 68.5 Å². The van der Waals surface area contributed by atoms with E-state index in [1.165, 1.54) is 43.4 Å². The molecule has 2 bridgehead atoms. The highest BCUT2D eigenvalue weighted by Gasteiger charge is 2.67. The Labute approximate surface area is 250 Å². The monoisotopic (exact) mass is 613 g/mol. The SMILES string of the molecule is CCCCCCCCCCOC(=O)c1ccc(N2C(=O)[C@@H]3C4c5ccccc5C(Br)(c5ccccc54)[C@H]3C2=O)cc1. The summed E-state index contributed by atoms with van der Waals surface area (Å²) in [5.74, 6) is -2.02. The molecule has 41 heavy (non-hydrogen) atoms. The van der Waals surface area contributed by atoms with E-state index in [0.29, 0.717) is 17.9 Å². The summed E-state index contributed by atoms with van der Waals surface area (Å²) in [5, 5.41) is 0. The molecule has 1 heterocycles. The smallest absolute Gasteiger partial charge is 0.338 e. The van der Waals surface area contributed by atoms with Crippen LogP contribution in [0.25, 0.3) is 0 Å². The Kier molecular flexibility index (Phi) is 7.86. The number of rotatable bonds is 11. The third-order valence-corrected chi connectivity index (χ3v) is 10.5. The Balaban J connectivity index is 1.15. The van der Waals surface area contributed by atoms with Gasteiger partial charge >= 0.3 is 5.97 Å². The second-order valence-electron chi connectivity index (χ2n) is 11.5. The molecular formula is C35H36BrNO4. The molecule has 2 amide bonds. The van der Waals surface area contributed by atoms with Gasteiger partial charge in [-0.15, -0.1) is 0 Å². The van der Waals surface area contributed by atoms with E-state index in [2.05, 4.69) is 47.1 Å². The number of alkyl halides is 1. The number of esters is 1. The minimum absolute atomic E-state index is 0.182. The molecular weight excluding hydrogens is 578 g/mol. The number of carbonyl (C=O) groups excluding carboxylic acids is 3. The first-order chi connectivity index (χ1) is 20.0. The number of anilines is 1. The molecule has 0 N–H and O–H groups in total. The zero-order chi connectivity index (χ0) is 28.6. The predicted molar refractivity (Wildman–Crippen MR) is 163 cm³/mol. The predicted octanol–water partition coefficient (Wildman–Crippen LogP) is 7.89. The van der Waals surface area contributed by atoms with Gasteiger partial charge in [0.25, 0.3) is 0 Å². The minimum atomic E-state index is -0.777. The van der Waals surface area contributed by atoms with Crippen molar-refractivity contribution in [2.75, 3.05) is 11.5 Å².